The lowest BCUT2D eigenvalue weighted by atomic mass is 9.88. The maximum Gasteiger partial charge on any atom is 0.408 e. The molecule has 8 heteroatoms. The quantitative estimate of drug-likeness (QED) is 0.109. The van der Waals surface area contributed by atoms with Crippen LogP contribution in [0.15, 0.2) is 78.9 Å². The van der Waals surface area contributed by atoms with E-state index >= 15 is 0 Å². The third-order valence-electron chi connectivity index (χ3n) is 9.71. The first-order valence-electron chi connectivity index (χ1n) is 20.1. The molecule has 0 saturated carbocycles. The Morgan fingerprint density at radius 3 is 1.39 bits per heavy atom. The van der Waals surface area contributed by atoms with Crippen molar-refractivity contribution in [2.75, 3.05) is 19.8 Å². The predicted octanol–water partition coefficient (Wildman–Crippen LogP) is 10.1. The maximum atomic E-state index is 12.4. The molecule has 2 N–H and O–H groups in total. The summed E-state index contributed by atoms with van der Waals surface area (Å²) in [4.78, 5) is 24.5. The van der Waals surface area contributed by atoms with Crippen LogP contribution in [0.3, 0.4) is 0 Å². The molecule has 0 spiro atoms. The Morgan fingerprint density at radius 2 is 1.05 bits per heavy atom. The smallest absolute Gasteiger partial charge is 0.408 e. The van der Waals surface area contributed by atoms with Crippen molar-refractivity contribution in [3.8, 4) is 17.2 Å². The summed E-state index contributed by atoms with van der Waals surface area (Å²) in [6, 6.07) is 22.6. The second-order valence-electron chi connectivity index (χ2n) is 15.6. The molecule has 4 aromatic rings. The summed E-state index contributed by atoms with van der Waals surface area (Å²) in [6.45, 7) is 15.6. The molecule has 0 aromatic heterocycles. The molecule has 8 bridgehead atoms. The summed E-state index contributed by atoms with van der Waals surface area (Å²) < 4.78 is 25.1. The number of carbonyl (C=O) groups is 2. The van der Waals surface area contributed by atoms with Gasteiger partial charge in [-0.05, 0) is 109 Å². The standard InChI is InChI=1S/C48H59NO7/c1-8-23-53-43-34-16-12-17-35(43)29-37-19-14-21-39(45(37)55-25-10-3)31-41-27-33(15-11-22-42(46(50)51)49-47(52)56-48(5,6)7)26-40(32(41)4)30-38-20-13-18-36(28-34)44(38)54-24-9-2/h11-14,16-22,26-27,42H,8-10,15,23-25,28-31H2,1-7H3,(H,49,52)(H,50,51)/t42-/m0/s1. The van der Waals surface area contributed by atoms with Crippen molar-refractivity contribution in [3.05, 3.63) is 135 Å². The molecule has 0 fully saturated rings. The largest absolute Gasteiger partial charge is 0.493 e. The van der Waals surface area contributed by atoms with E-state index in [0.29, 0.717) is 51.9 Å². The van der Waals surface area contributed by atoms with Crippen LogP contribution in [0, 0.1) is 6.92 Å². The van der Waals surface area contributed by atoms with Crippen molar-refractivity contribution in [3.63, 3.8) is 0 Å². The van der Waals surface area contributed by atoms with Crippen LogP contribution in [0.25, 0.3) is 0 Å². The summed E-state index contributed by atoms with van der Waals surface area (Å²) in [5.74, 6) is 1.60. The van der Waals surface area contributed by atoms with Crippen molar-refractivity contribution in [2.45, 2.75) is 111 Å². The zero-order valence-electron chi connectivity index (χ0n) is 34.3. The van der Waals surface area contributed by atoms with E-state index in [1.165, 1.54) is 22.8 Å². The first-order chi connectivity index (χ1) is 26.9. The fourth-order valence-corrected chi connectivity index (χ4v) is 7.10. The van der Waals surface area contributed by atoms with Crippen molar-refractivity contribution in [1.29, 1.82) is 0 Å². The Bertz CT molecular complexity index is 1900. The topological polar surface area (TPSA) is 103 Å². The van der Waals surface area contributed by atoms with E-state index in [9.17, 15) is 14.7 Å². The fraction of sp³-hybridized carbons (Fsp3) is 0.417. The summed E-state index contributed by atoms with van der Waals surface area (Å²) in [5.41, 5.74) is 10.5. The SMILES string of the molecule is CCCOc1c2cccc1Cc1cccc(c1OCCC)Cc1cccc(c1OCCC)Cc1cc(CC=C[C@H](NC(=O)OC(C)(C)C)C(=O)O)cc(c1C)C2. The molecule has 298 valence electrons. The molecule has 4 aromatic carbocycles. The highest BCUT2D eigenvalue weighted by Gasteiger charge is 2.23. The highest BCUT2D eigenvalue weighted by atomic mass is 16.6. The Balaban J connectivity index is 1.64. The molecule has 0 heterocycles. The van der Waals surface area contributed by atoms with Gasteiger partial charge in [-0.2, -0.15) is 0 Å². The van der Waals surface area contributed by atoms with Crippen LogP contribution in [0.4, 0.5) is 4.79 Å². The highest BCUT2D eigenvalue weighted by Crippen LogP contribution is 2.37. The molecule has 0 saturated heterocycles. The van der Waals surface area contributed by atoms with Gasteiger partial charge in [0.25, 0.3) is 0 Å². The summed E-state index contributed by atoms with van der Waals surface area (Å²) in [7, 11) is 0. The van der Waals surface area contributed by atoms with Crippen LogP contribution in [0.5, 0.6) is 17.2 Å². The molecule has 1 aliphatic carbocycles. The number of amides is 1. The van der Waals surface area contributed by atoms with Gasteiger partial charge in [0.1, 0.15) is 28.9 Å². The molecule has 0 unspecified atom stereocenters. The number of carboxylic acid groups (broad SMARTS) is 1. The van der Waals surface area contributed by atoms with E-state index in [-0.39, 0.29) is 0 Å². The van der Waals surface area contributed by atoms with Gasteiger partial charge >= 0.3 is 12.1 Å². The summed E-state index contributed by atoms with van der Waals surface area (Å²) in [5, 5.41) is 12.4. The van der Waals surface area contributed by atoms with Gasteiger partial charge in [0, 0.05) is 25.7 Å². The number of fused-ring (bicyclic) bond motifs is 8. The molecule has 5 rings (SSSR count). The third kappa shape index (κ3) is 11.2. The van der Waals surface area contributed by atoms with Gasteiger partial charge in [-0.15, -0.1) is 0 Å². The van der Waals surface area contributed by atoms with E-state index in [1.807, 2.05) is 0 Å². The number of hydrogen-bond acceptors (Lipinski definition) is 6. The van der Waals surface area contributed by atoms with Crippen LogP contribution in [-0.4, -0.2) is 48.6 Å². The number of carbonyl (C=O) groups excluding carboxylic acids is 1. The zero-order chi connectivity index (χ0) is 40.2. The number of nitrogens with one attached hydrogen (secondary N) is 1. The Labute approximate surface area is 333 Å². The van der Waals surface area contributed by atoms with Gasteiger partial charge in [-0.25, -0.2) is 9.59 Å². The molecule has 0 aliphatic heterocycles. The maximum absolute atomic E-state index is 12.4. The van der Waals surface area contributed by atoms with Gasteiger partial charge in [-0.3, -0.25) is 0 Å². The molecule has 8 nitrogen and oxygen atoms in total. The third-order valence-corrected chi connectivity index (χ3v) is 9.71. The van der Waals surface area contributed by atoms with E-state index in [0.717, 1.165) is 75.5 Å². The first kappa shape index (κ1) is 41.9. The zero-order valence-corrected chi connectivity index (χ0v) is 34.3. The number of aliphatic carboxylic acids is 1. The Kier molecular flexibility index (Phi) is 14.6. The van der Waals surface area contributed by atoms with Crippen molar-refractivity contribution in [2.24, 2.45) is 0 Å². The molecule has 0 radical (unpaired) electrons. The number of hydrogen-bond donors (Lipinski definition) is 2. The lowest BCUT2D eigenvalue weighted by molar-refractivity contribution is -0.138. The minimum atomic E-state index is -1.23. The predicted molar refractivity (Wildman–Crippen MR) is 223 cm³/mol. The van der Waals surface area contributed by atoms with Gasteiger partial charge in [-0.1, -0.05) is 99.7 Å². The number of ether oxygens (including phenoxy) is 4. The van der Waals surface area contributed by atoms with E-state index in [4.69, 9.17) is 18.9 Å². The van der Waals surface area contributed by atoms with Crippen molar-refractivity contribution in [1.82, 2.24) is 5.32 Å². The molecular weight excluding hydrogens is 703 g/mol. The normalized spacial score (nSPS) is 13.2. The average molecular weight is 762 g/mol. The van der Waals surface area contributed by atoms with Gasteiger partial charge in [0.15, 0.2) is 0 Å². The number of benzene rings is 4. The van der Waals surface area contributed by atoms with Crippen LogP contribution in [0.1, 0.15) is 116 Å². The number of para-hydroxylation sites is 3. The Hall–Kier alpha value is -5.24. The van der Waals surface area contributed by atoms with E-state index < -0.39 is 23.7 Å². The summed E-state index contributed by atoms with van der Waals surface area (Å²) >= 11 is 0. The second kappa shape index (κ2) is 19.6. The molecule has 1 aliphatic rings. The van der Waals surface area contributed by atoms with Crippen LogP contribution in [-0.2, 0) is 41.6 Å². The van der Waals surface area contributed by atoms with E-state index in [1.54, 1.807) is 26.8 Å². The minimum absolute atomic E-state index is 0.466. The Morgan fingerprint density at radius 1 is 0.679 bits per heavy atom. The highest BCUT2D eigenvalue weighted by molar-refractivity contribution is 5.81. The number of carboxylic acids is 1. The summed E-state index contributed by atoms with van der Waals surface area (Å²) in [6.07, 6.45) is 8.32. The number of alkyl carbamates (subject to hydrolysis) is 1. The molecular formula is C48H59NO7. The van der Waals surface area contributed by atoms with Crippen LogP contribution < -0.4 is 19.5 Å². The minimum Gasteiger partial charge on any atom is -0.493 e. The van der Waals surface area contributed by atoms with Crippen LogP contribution >= 0.6 is 0 Å². The van der Waals surface area contributed by atoms with Gasteiger partial charge < -0.3 is 29.4 Å². The second-order valence-corrected chi connectivity index (χ2v) is 15.6. The molecule has 1 atom stereocenters. The van der Waals surface area contributed by atoms with Gasteiger partial charge in [0.2, 0.25) is 0 Å². The fourth-order valence-electron chi connectivity index (χ4n) is 7.10. The number of allylic oxidation sites excluding steroid dienone is 1. The number of rotatable bonds is 14. The average Bonchev–Trinajstić information content (AvgIpc) is 3.14. The van der Waals surface area contributed by atoms with E-state index in [2.05, 4.69) is 99.7 Å². The lowest BCUT2D eigenvalue weighted by Crippen LogP contribution is -2.42. The monoisotopic (exact) mass is 761 g/mol. The van der Waals surface area contributed by atoms with Crippen molar-refractivity contribution < 1.29 is 33.6 Å². The van der Waals surface area contributed by atoms with Crippen molar-refractivity contribution >= 4 is 12.1 Å². The lowest BCUT2D eigenvalue weighted by Gasteiger charge is -2.22. The molecule has 1 amide bonds. The first-order valence-corrected chi connectivity index (χ1v) is 20.1. The van der Waals surface area contributed by atoms with Gasteiger partial charge in [0.05, 0.1) is 19.8 Å². The molecule has 56 heavy (non-hydrogen) atoms. The van der Waals surface area contributed by atoms with Crippen LogP contribution in [0.2, 0.25) is 0 Å².